The highest BCUT2D eigenvalue weighted by Crippen LogP contribution is 2.42. The zero-order valence-electron chi connectivity index (χ0n) is 23.9. The SMILES string of the molecule is CC(C)c1cc(-c2cc3ccccc3cc2CN2C(=O)OC(c3cc(C(F)(F)F)cc(C(F)(F)F)c3)CC2C)c(O)cc1F. The van der Waals surface area contributed by atoms with E-state index in [4.69, 9.17) is 4.74 Å². The molecule has 4 aromatic carbocycles. The molecule has 1 aliphatic rings. The fourth-order valence-electron chi connectivity index (χ4n) is 5.53. The van der Waals surface area contributed by atoms with E-state index in [2.05, 4.69) is 0 Å². The van der Waals surface area contributed by atoms with E-state index in [1.807, 2.05) is 50.2 Å². The second-order valence-electron chi connectivity index (χ2n) is 11.3. The van der Waals surface area contributed by atoms with Gasteiger partial charge in [-0.05, 0) is 82.3 Å². The van der Waals surface area contributed by atoms with Crippen LogP contribution in [0, 0.1) is 5.82 Å². The number of benzene rings is 4. The smallest absolute Gasteiger partial charge is 0.416 e. The minimum absolute atomic E-state index is 0.0285. The number of alkyl halides is 6. The third-order valence-corrected chi connectivity index (χ3v) is 7.89. The summed E-state index contributed by atoms with van der Waals surface area (Å²) in [5.41, 5.74) is -1.57. The summed E-state index contributed by atoms with van der Waals surface area (Å²) in [7, 11) is 0. The quantitative estimate of drug-likeness (QED) is 0.226. The minimum atomic E-state index is -5.04. The average Bonchev–Trinajstić information content (AvgIpc) is 2.93. The maximum atomic E-state index is 14.6. The number of phenolic OH excluding ortho intramolecular Hbond substituents is 1. The lowest BCUT2D eigenvalue weighted by molar-refractivity contribution is -0.143. The maximum absolute atomic E-state index is 14.6. The Morgan fingerprint density at radius 2 is 1.48 bits per heavy atom. The lowest BCUT2D eigenvalue weighted by atomic mass is 9.91. The van der Waals surface area contributed by atoms with Crippen LogP contribution < -0.4 is 0 Å². The van der Waals surface area contributed by atoms with Gasteiger partial charge in [-0.1, -0.05) is 38.1 Å². The molecule has 11 heteroatoms. The lowest BCUT2D eigenvalue weighted by Gasteiger charge is -2.38. The number of hydrogen-bond acceptors (Lipinski definition) is 3. The molecule has 0 spiro atoms. The van der Waals surface area contributed by atoms with Gasteiger partial charge in [0.25, 0.3) is 0 Å². The van der Waals surface area contributed by atoms with Gasteiger partial charge >= 0.3 is 18.4 Å². The minimum Gasteiger partial charge on any atom is -0.507 e. The standard InChI is InChI=1S/C33H28F7NO3/c1-17(2)25-14-27(29(42)15-28(25)34)26-12-20-7-5-4-6-19(20)9-22(26)16-41-18(3)8-30(44-31(41)43)21-10-23(32(35,36)37)13-24(11-21)33(38,39)40/h4-7,9-15,17-18,30,42H,8,16H2,1-3H3. The van der Waals surface area contributed by atoms with E-state index in [0.29, 0.717) is 34.4 Å². The van der Waals surface area contributed by atoms with Gasteiger partial charge in [-0.15, -0.1) is 0 Å². The molecular weight excluding hydrogens is 591 g/mol. The summed E-state index contributed by atoms with van der Waals surface area (Å²) in [4.78, 5) is 14.6. The van der Waals surface area contributed by atoms with Gasteiger partial charge in [0.15, 0.2) is 0 Å². The maximum Gasteiger partial charge on any atom is 0.416 e. The first-order chi connectivity index (χ1) is 20.5. The number of nitrogens with zero attached hydrogens (tertiary/aromatic N) is 1. The summed E-state index contributed by atoms with van der Waals surface area (Å²) in [6.07, 6.45) is -12.4. The Hall–Kier alpha value is -4.28. The third kappa shape index (κ3) is 6.18. The molecule has 1 amide bonds. The van der Waals surface area contributed by atoms with Crippen molar-refractivity contribution < 1.29 is 45.4 Å². The Balaban J connectivity index is 1.52. The Kier molecular flexibility index (Phi) is 8.02. The third-order valence-electron chi connectivity index (χ3n) is 7.89. The molecule has 2 unspecified atom stereocenters. The zero-order chi connectivity index (χ0) is 32.1. The van der Waals surface area contributed by atoms with Crippen LogP contribution in [0.4, 0.5) is 35.5 Å². The van der Waals surface area contributed by atoms with Gasteiger partial charge in [0.1, 0.15) is 17.7 Å². The summed E-state index contributed by atoms with van der Waals surface area (Å²) in [6, 6.07) is 14.1. The molecule has 2 atom stereocenters. The number of carbonyl (C=O) groups is 1. The van der Waals surface area contributed by atoms with E-state index in [1.54, 1.807) is 13.0 Å². The molecule has 5 rings (SSSR count). The molecule has 0 bridgehead atoms. The summed E-state index contributed by atoms with van der Waals surface area (Å²) >= 11 is 0. The van der Waals surface area contributed by atoms with E-state index in [0.717, 1.165) is 16.8 Å². The fourth-order valence-corrected chi connectivity index (χ4v) is 5.53. The second kappa shape index (κ2) is 11.3. The van der Waals surface area contributed by atoms with Crippen molar-refractivity contribution in [1.82, 2.24) is 4.90 Å². The monoisotopic (exact) mass is 619 g/mol. The van der Waals surface area contributed by atoms with E-state index in [9.17, 15) is 40.6 Å². The van der Waals surface area contributed by atoms with Crippen molar-refractivity contribution in [1.29, 1.82) is 0 Å². The summed E-state index contributed by atoms with van der Waals surface area (Å²) < 4.78 is 101. The fraction of sp³-hybridized carbons (Fsp3) is 0.303. The Labute approximate surface area is 248 Å². The Bertz CT molecular complexity index is 1700. The highest BCUT2D eigenvalue weighted by molar-refractivity contribution is 5.90. The first-order valence-corrected chi connectivity index (χ1v) is 13.8. The number of aromatic hydroxyl groups is 1. The van der Waals surface area contributed by atoms with Crippen molar-refractivity contribution in [3.8, 4) is 16.9 Å². The molecule has 4 nitrogen and oxygen atoms in total. The van der Waals surface area contributed by atoms with Gasteiger partial charge in [0, 0.05) is 30.6 Å². The van der Waals surface area contributed by atoms with Crippen LogP contribution in [-0.2, 0) is 23.6 Å². The molecule has 0 saturated carbocycles. The van der Waals surface area contributed by atoms with Gasteiger partial charge in [0.2, 0.25) is 0 Å². The van der Waals surface area contributed by atoms with Crippen molar-refractivity contribution in [3.05, 3.63) is 100 Å². The first kappa shape index (κ1) is 31.2. The first-order valence-electron chi connectivity index (χ1n) is 13.8. The molecule has 0 aromatic heterocycles. The predicted molar refractivity (Wildman–Crippen MR) is 150 cm³/mol. The molecule has 1 N–H and O–H groups in total. The van der Waals surface area contributed by atoms with Crippen LogP contribution in [0.2, 0.25) is 0 Å². The summed E-state index contributed by atoms with van der Waals surface area (Å²) in [6.45, 7) is 5.19. The topological polar surface area (TPSA) is 49.8 Å². The van der Waals surface area contributed by atoms with Crippen LogP contribution in [0.15, 0.2) is 66.7 Å². The number of hydrogen-bond donors (Lipinski definition) is 1. The van der Waals surface area contributed by atoms with Gasteiger partial charge in [-0.25, -0.2) is 9.18 Å². The second-order valence-corrected chi connectivity index (χ2v) is 11.3. The van der Waals surface area contributed by atoms with E-state index in [-0.39, 0.29) is 30.7 Å². The van der Waals surface area contributed by atoms with Crippen LogP contribution in [-0.4, -0.2) is 22.1 Å². The number of halogens is 7. The molecule has 1 saturated heterocycles. The van der Waals surface area contributed by atoms with Crippen LogP contribution >= 0.6 is 0 Å². The molecule has 232 valence electrons. The van der Waals surface area contributed by atoms with Gasteiger partial charge in [0.05, 0.1) is 11.1 Å². The zero-order valence-corrected chi connectivity index (χ0v) is 23.9. The van der Waals surface area contributed by atoms with Gasteiger partial charge < -0.3 is 14.7 Å². The van der Waals surface area contributed by atoms with Crippen molar-refractivity contribution in [2.24, 2.45) is 0 Å². The molecule has 1 heterocycles. The largest absolute Gasteiger partial charge is 0.507 e. The van der Waals surface area contributed by atoms with Crippen molar-refractivity contribution in [2.45, 2.75) is 64.2 Å². The van der Waals surface area contributed by atoms with Gasteiger partial charge in [-0.2, -0.15) is 26.3 Å². The number of cyclic esters (lactones) is 1. The van der Waals surface area contributed by atoms with Crippen molar-refractivity contribution in [2.75, 3.05) is 0 Å². The van der Waals surface area contributed by atoms with Crippen LogP contribution in [0.3, 0.4) is 0 Å². The van der Waals surface area contributed by atoms with Crippen LogP contribution in [0.5, 0.6) is 5.75 Å². The molecular formula is C33H28F7NO3. The van der Waals surface area contributed by atoms with E-state index in [1.165, 1.54) is 4.90 Å². The Morgan fingerprint density at radius 3 is 2.02 bits per heavy atom. The summed E-state index contributed by atoms with van der Waals surface area (Å²) in [5.74, 6) is -1.06. The summed E-state index contributed by atoms with van der Waals surface area (Å²) in [5, 5.41) is 12.4. The molecule has 0 radical (unpaired) electrons. The van der Waals surface area contributed by atoms with E-state index >= 15 is 0 Å². The van der Waals surface area contributed by atoms with E-state index < -0.39 is 53.1 Å². The molecule has 1 aliphatic heterocycles. The number of carbonyl (C=O) groups excluding carboxylic acids is 1. The number of phenols is 1. The molecule has 44 heavy (non-hydrogen) atoms. The Morgan fingerprint density at radius 1 is 0.886 bits per heavy atom. The normalized spacial score (nSPS) is 17.8. The van der Waals surface area contributed by atoms with Gasteiger partial charge in [-0.3, -0.25) is 0 Å². The number of amides is 1. The van der Waals surface area contributed by atoms with Crippen LogP contribution in [0.1, 0.15) is 67.0 Å². The molecule has 4 aromatic rings. The number of ether oxygens (including phenoxy) is 1. The average molecular weight is 620 g/mol. The molecule has 1 fully saturated rings. The lowest BCUT2D eigenvalue weighted by Crippen LogP contribution is -2.44. The van der Waals surface area contributed by atoms with Crippen LogP contribution in [0.25, 0.3) is 21.9 Å². The number of rotatable bonds is 5. The highest BCUT2D eigenvalue weighted by atomic mass is 19.4. The van der Waals surface area contributed by atoms with Crippen molar-refractivity contribution in [3.63, 3.8) is 0 Å². The predicted octanol–water partition coefficient (Wildman–Crippen LogP) is 9.98. The number of fused-ring (bicyclic) bond motifs is 1. The molecule has 0 aliphatic carbocycles. The van der Waals surface area contributed by atoms with Crippen molar-refractivity contribution >= 4 is 16.9 Å². The highest BCUT2D eigenvalue weighted by Gasteiger charge is 2.40.